The molecule has 4 heteroatoms. The lowest BCUT2D eigenvalue weighted by Crippen LogP contribution is -2.27. The Morgan fingerprint density at radius 2 is 2.08 bits per heavy atom. The molecule has 1 aliphatic rings. The van der Waals surface area contributed by atoms with Crippen molar-refractivity contribution in [1.29, 1.82) is 0 Å². The maximum atomic E-state index is 5.85. The topological polar surface area (TPSA) is 21.3 Å². The van der Waals surface area contributed by atoms with Gasteiger partial charge in [0.05, 0.1) is 22.3 Å². The first-order chi connectivity index (χ1) is 6.16. The van der Waals surface area contributed by atoms with Gasteiger partial charge >= 0.3 is 0 Å². The standard InChI is InChI=1S/C9H9Cl2NO/c1-5-4-12-8-2-6(10)7(11)3-9(8)13-5/h2-3,5,12H,4H2,1H3/t5-/m0/s1. The Labute approximate surface area is 86.8 Å². The zero-order valence-electron chi connectivity index (χ0n) is 7.10. The van der Waals surface area contributed by atoms with E-state index in [1.165, 1.54) is 0 Å². The normalized spacial score (nSPS) is 20.1. The lowest BCUT2D eigenvalue weighted by molar-refractivity contribution is 0.226. The van der Waals surface area contributed by atoms with Crippen LogP contribution < -0.4 is 10.1 Å². The van der Waals surface area contributed by atoms with E-state index < -0.39 is 0 Å². The summed E-state index contributed by atoms with van der Waals surface area (Å²) in [6, 6.07) is 3.52. The highest BCUT2D eigenvalue weighted by atomic mass is 35.5. The molecular weight excluding hydrogens is 209 g/mol. The first-order valence-corrected chi connectivity index (χ1v) is 4.82. The summed E-state index contributed by atoms with van der Waals surface area (Å²) in [6.07, 6.45) is 0.171. The Hall–Kier alpha value is -0.600. The van der Waals surface area contributed by atoms with Crippen LogP contribution >= 0.6 is 23.2 Å². The molecular formula is C9H9Cl2NO. The maximum Gasteiger partial charge on any atom is 0.144 e. The first-order valence-electron chi connectivity index (χ1n) is 4.06. The monoisotopic (exact) mass is 217 g/mol. The van der Waals surface area contributed by atoms with Crippen molar-refractivity contribution in [3.63, 3.8) is 0 Å². The van der Waals surface area contributed by atoms with Gasteiger partial charge in [0.25, 0.3) is 0 Å². The minimum Gasteiger partial charge on any atom is -0.487 e. The van der Waals surface area contributed by atoms with Gasteiger partial charge in [-0.1, -0.05) is 23.2 Å². The third-order valence-electron chi connectivity index (χ3n) is 1.93. The molecule has 13 heavy (non-hydrogen) atoms. The molecule has 2 rings (SSSR count). The highest BCUT2D eigenvalue weighted by Gasteiger charge is 2.16. The van der Waals surface area contributed by atoms with E-state index in [1.54, 1.807) is 12.1 Å². The van der Waals surface area contributed by atoms with Gasteiger partial charge in [0, 0.05) is 6.07 Å². The first kappa shape index (κ1) is 8.97. The zero-order valence-corrected chi connectivity index (χ0v) is 8.62. The number of fused-ring (bicyclic) bond motifs is 1. The van der Waals surface area contributed by atoms with Crippen LogP contribution in [0.1, 0.15) is 6.92 Å². The van der Waals surface area contributed by atoms with E-state index >= 15 is 0 Å². The predicted molar refractivity (Wildman–Crippen MR) is 55.0 cm³/mol. The van der Waals surface area contributed by atoms with E-state index in [9.17, 15) is 0 Å². The fraction of sp³-hybridized carbons (Fsp3) is 0.333. The van der Waals surface area contributed by atoms with Crippen LogP contribution in [0.5, 0.6) is 5.75 Å². The van der Waals surface area contributed by atoms with Crippen LogP contribution in [0, 0.1) is 0 Å². The molecule has 1 atom stereocenters. The van der Waals surface area contributed by atoms with Gasteiger partial charge in [-0.15, -0.1) is 0 Å². The Kier molecular flexibility index (Phi) is 2.26. The quantitative estimate of drug-likeness (QED) is 0.721. The van der Waals surface area contributed by atoms with Gasteiger partial charge in [-0.3, -0.25) is 0 Å². The summed E-state index contributed by atoms with van der Waals surface area (Å²) in [5.41, 5.74) is 0.910. The molecule has 0 aromatic heterocycles. The van der Waals surface area contributed by atoms with Crippen molar-refractivity contribution >= 4 is 28.9 Å². The molecule has 0 bridgehead atoms. The lowest BCUT2D eigenvalue weighted by atomic mass is 10.2. The average Bonchev–Trinajstić information content (AvgIpc) is 2.08. The number of hydrogen-bond donors (Lipinski definition) is 1. The fourth-order valence-corrected chi connectivity index (χ4v) is 1.59. The lowest BCUT2D eigenvalue weighted by Gasteiger charge is -2.25. The number of ether oxygens (including phenoxy) is 1. The highest BCUT2D eigenvalue weighted by Crippen LogP contribution is 2.36. The van der Waals surface area contributed by atoms with Gasteiger partial charge in [0.2, 0.25) is 0 Å². The molecule has 0 saturated carbocycles. The molecule has 1 aromatic rings. The summed E-state index contributed by atoms with van der Waals surface area (Å²) < 4.78 is 5.56. The van der Waals surface area contributed by atoms with Gasteiger partial charge < -0.3 is 10.1 Å². The Bertz CT molecular complexity index is 341. The van der Waals surface area contributed by atoms with Crippen molar-refractivity contribution in [1.82, 2.24) is 0 Å². The van der Waals surface area contributed by atoms with Gasteiger partial charge in [-0.05, 0) is 13.0 Å². The van der Waals surface area contributed by atoms with E-state index in [0.717, 1.165) is 18.0 Å². The minimum atomic E-state index is 0.171. The molecule has 1 aliphatic heterocycles. The summed E-state index contributed by atoms with van der Waals surface area (Å²) in [4.78, 5) is 0. The number of hydrogen-bond acceptors (Lipinski definition) is 2. The van der Waals surface area contributed by atoms with Gasteiger partial charge in [0.15, 0.2) is 0 Å². The van der Waals surface area contributed by atoms with Crippen LogP contribution in [0.15, 0.2) is 12.1 Å². The van der Waals surface area contributed by atoms with Crippen molar-refractivity contribution in [2.75, 3.05) is 11.9 Å². The molecule has 0 amide bonds. The molecule has 70 valence electrons. The molecule has 0 fully saturated rings. The van der Waals surface area contributed by atoms with Gasteiger partial charge in [-0.2, -0.15) is 0 Å². The average molecular weight is 218 g/mol. The molecule has 0 saturated heterocycles. The highest BCUT2D eigenvalue weighted by molar-refractivity contribution is 6.42. The van der Waals surface area contributed by atoms with Crippen molar-refractivity contribution in [2.24, 2.45) is 0 Å². The number of anilines is 1. The third kappa shape index (κ3) is 1.69. The number of halogens is 2. The maximum absolute atomic E-state index is 5.85. The van der Waals surface area contributed by atoms with E-state index in [-0.39, 0.29) is 6.10 Å². The predicted octanol–water partition coefficient (Wildman–Crippen LogP) is 3.19. The van der Waals surface area contributed by atoms with Crippen molar-refractivity contribution < 1.29 is 4.74 Å². The third-order valence-corrected chi connectivity index (χ3v) is 2.65. The smallest absolute Gasteiger partial charge is 0.144 e. The van der Waals surface area contributed by atoms with Crippen molar-refractivity contribution in [2.45, 2.75) is 13.0 Å². The van der Waals surface area contributed by atoms with Gasteiger partial charge in [-0.25, -0.2) is 0 Å². The summed E-state index contributed by atoms with van der Waals surface area (Å²) in [6.45, 7) is 2.80. The number of benzene rings is 1. The van der Waals surface area contributed by atoms with Crippen LogP contribution in [0.4, 0.5) is 5.69 Å². The van der Waals surface area contributed by atoms with E-state index in [2.05, 4.69) is 5.32 Å². The second kappa shape index (κ2) is 3.28. The summed E-state index contributed by atoms with van der Waals surface area (Å²) in [5, 5.41) is 4.28. The molecule has 0 spiro atoms. The second-order valence-corrected chi connectivity index (χ2v) is 3.89. The molecule has 2 nitrogen and oxygen atoms in total. The van der Waals surface area contributed by atoms with E-state index in [4.69, 9.17) is 27.9 Å². The Balaban J connectivity index is 2.43. The summed E-state index contributed by atoms with van der Waals surface area (Å²) in [7, 11) is 0. The number of rotatable bonds is 0. The molecule has 1 N–H and O–H groups in total. The minimum absolute atomic E-state index is 0.171. The Morgan fingerprint density at radius 1 is 1.38 bits per heavy atom. The number of nitrogens with one attached hydrogen (secondary N) is 1. The molecule has 0 radical (unpaired) electrons. The van der Waals surface area contributed by atoms with Crippen molar-refractivity contribution in [3.8, 4) is 5.75 Å². The van der Waals surface area contributed by atoms with E-state index in [0.29, 0.717) is 10.0 Å². The Morgan fingerprint density at radius 3 is 2.85 bits per heavy atom. The SMILES string of the molecule is C[C@H]1CNc2cc(Cl)c(Cl)cc2O1. The molecule has 0 unspecified atom stereocenters. The van der Waals surface area contributed by atoms with Gasteiger partial charge in [0.1, 0.15) is 11.9 Å². The molecule has 0 aliphatic carbocycles. The molecule has 1 heterocycles. The van der Waals surface area contributed by atoms with Crippen LogP contribution in [0.3, 0.4) is 0 Å². The van der Waals surface area contributed by atoms with E-state index in [1.807, 2.05) is 6.92 Å². The second-order valence-electron chi connectivity index (χ2n) is 3.07. The van der Waals surface area contributed by atoms with Crippen LogP contribution in [0.25, 0.3) is 0 Å². The van der Waals surface area contributed by atoms with Crippen molar-refractivity contribution in [3.05, 3.63) is 22.2 Å². The summed E-state index contributed by atoms with van der Waals surface area (Å²) in [5.74, 6) is 0.771. The van der Waals surface area contributed by atoms with Crippen LogP contribution in [-0.2, 0) is 0 Å². The fourth-order valence-electron chi connectivity index (χ4n) is 1.28. The van der Waals surface area contributed by atoms with Crippen LogP contribution in [0.2, 0.25) is 10.0 Å². The summed E-state index contributed by atoms with van der Waals surface area (Å²) >= 11 is 11.7. The zero-order chi connectivity index (χ0) is 9.42. The van der Waals surface area contributed by atoms with Crippen LogP contribution in [-0.4, -0.2) is 12.6 Å². The largest absolute Gasteiger partial charge is 0.487 e. The molecule has 1 aromatic carbocycles.